The summed E-state index contributed by atoms with van der Waals surface area (Å²) in [6.07, 6.45) is 5.01. The minimum absolute atomic E-state index is 0.905. The summed E-state index contributed by atoms with van der Waals surface area (Å²) in [4.78, 5) is 2.62. The van der Waals surface area contributed by atoms with Gasteiger partial charge in [-0.05, 0) is 77.6 Å². The van der Waals surface area contributed by atoms with Crippen LogP contribution in [0.25, 0.3) is 0 Å². The summed E-state index contributed by atoms with van der Waals surface area (Å²) in [6, 6.07) is 8.94. The maximum absolute atomic E-state index is 2.62. The topological polar surface area (TPSA) is 3.24 Å². The molecule has 94 valence electrons. The van der Waals surface area contributed by atoms with E-state index in [4.69, 9.17) is 0 Å². The highest BCUT2D eigenvalue weighted by Crippen LogP contribution is 2.21. The van der Waals surface area contributed by atoms with Crippen LogP contribution in [-0.2, 0) is 6.54 Å². The van der Waals surface area contributed by atoms with Crippen molar-refractivity contribution in [3.05, 3.63) is 33.4 Å². The summed E-state index contributed by atoms with van der Waals surface area (Å²) < 4.78 is 1.32. The molecular formula is C14H20INS. The number of hydrogen-bond donors (Lipinski definition) is 0. The fourth-order valence-electron chi connectivity index (χ4n) is 2.51. The van der Waals surface area contributed by atoms with E-state index < -0.39 is 0 Å². The van der Waals surface area contributed by atoms with Crippen LogP contribution in [0.4, 0.5) is 0 Å². The maximum atomic E-state index is 2.62. The molecule has 1 heterocycles. The zero-order valence-corrected chi connectivity index (χ0v) is 13.3. The molecule has 1 aromatic carbocycles. The highest BCUT2D eigenvalue weighted by molar-refractivity contribution is 14.1. The standard InChI is InChI=1S/C14H20INS/c1-17-11-13-3-2-8-16(10-13)9-12-4-6-14(15)7-5-12/h4-7,13H,2-3,8-11H2,1H3. The summed E-state index contributed by atoms with van der Waals surface area (Å²) in [5.41, 5.74) is 1.45. The van der Waals surface area contributed by atoms with Crippen LogP contribution in [0.5, 0.6) is 0 Å². The Morgan fingerprint density at radius 2 is 2.12 bits per heavy atom. The number of rotatable bonds is 4. The van der Waals surface area contributed by atoms with Crippen molar-refractivity contribution in [3.8, 4) is 0 Å². The van der Waals surface area contributed by atoms with E-state index in [9.17, 15) is 0 Å². The predicted molar refractivity (Wildman–Crippen MR) is 85.5 cm³/mol. The Hall–Kier alpha value is 0.260. The molecular weight excluding hydrogens is 341 g/mol. The zero-order valence-electron chi connectivity index (χ0n) is 10.4. The summed E-state index contributed by atoms with van der Waals surface area (Å²) in [6.45, 7) is 3.69. The number of likely N-dealkylation sites (tertiary alicyclic amines) is 1. The first-order chi connectivity index (χ1) is 8.28. The summed E-state index contributed by atoms with van der Waals surface area (Å²) in [5.74, 6) is 2.23. The van der Waals surface area contributed by atoms with Gasteiger partial charge in [0.1, 0.15) is 0 Å². The maximum Gasteiger partial charge on any atom is 0.0233 e. The highest BCUT2D eigenvalue weighted by atomic mass is 127. The van der Waals surface area contributed by atoms with Crippen molar-refractivity contribution in [2.24, 2.45) is 5.92 Å². The van der Waals surface area contributed by atoms with Crippen LogP contribution < -0.4 is 0 Å². The lowest BCUT2D eigenvalue weighted by Gasteiger charge is -2.32. The van der Waals surface area contributed by atoms with Crippen LogP contribution in [-0.4, -0.2) is 30.0 Å². The number of piperidine rings is 1. The minimum atomic E-state index is 0.905. The Labute approximate surface area is 122 Å². The quantitative estimate of drug-likeness (QED) is 0.749. The molecule has 1 unspecified atom stereocenters. The van der Waals surface area contributed by atoms with Crippen LogP contribution in [0.3, 0.4) is 0 Å². The van der Waals surface area contributed by atoms with Crippen molar-refractivity contribution >= 4 is 34.4 Å². The lowest BCUT2D eigenvalue weighted by molar-refractivity contribution is 0.179. The second-order valence-electron chi connectivity index (χ2n) is 4.83. The number of halogens is 1. The van der Waals surface area contributed by atoms with Gasteiger partial charge in [-0.3, -0.25) is 4.90 Å². The van der Waals surface area contributed by atoms with Crippen molar-refractivity contribution in [2.45, 2.75) is 19.4 Å². The smallest absolute Gasteiger partial charge is 0.0233 e. The van der Waals surface area contributed by atoms with E-state index in [1.54, 1.807) is 0 Å². The van der Waals surface area contributed by atoms with Crippen LogP contribution in [0.2, 0.25) is 0 Å². The Morgan fingerprint density at radius 3 is 2.82 bits per heavy atom. The van der Waals surface area contributed by atoms with E-state index in [0.29, 0.717) is 0 Å². The van der Waals surface area contributed by atoms with Gasteiger partial charge in [0.2, 0.25) is 0 Å². The van der Waals surface area contributed by atoms with Gasteiger partial charge in [-0.15, -0.1) is 0 Å². The van der Waals surface area contributed by atoms with Crippen LogP contribution in [0.1, 0.15) is 18.4 Å². The van der Waals surface area contributed by atoms with Gasteiger partial charge < -0.3 is 0 Å². The predicted octanol–water partition coefficient (Wildman–Crippen LogP) is 3.87. The van der Waals surface area contributed by atoms with Crippen molar-refractivity contribution in [3.63, 3.8) is 0 Å². The molecule has 0 radical (unpaired) electrons. The first-order valence-corrected chi connectivity index (χ1v) is 8.71. The van der Waals surface area contributed by atoms with Crippen molar-refractivity contribution in [1.82, 2.24) is 4.90 Å². The molecule has 0 spiro atoms. The van der Waals surface area contributed by atoms with Crippen molar-refractivity contribution < 1.29 is 0 Å². The van der Waals surface area contributed by atoms with Crippen LogP contribution in [0.15, 0.2) is 24.3 Å². The van der Waals surface area contributed by atoms with Gasteiger partial charge in [-0.2, -0.15) is 11.8 Å². The molecule has 17 heavy (non-hydrogen) atoms. The second-order valence-corrected chi connectivity index (χ2v) is 6.98. The van der Waals surface area contributed by atoms with Gasteiger partial charge in [0.15, 0.2) is 0 Å². The van der Waals surface area contributed by atoms with E-state index in [2.05, 4.69) is 58.0 Å². The minimum Gasteiger partial charge on any atom is -0.299 e. The zero-order chi connectivity index (χ0) is 12.1. The number of benzene rings is 1. The van der Waals surface area contributed by atoms with Gasteiger partial charge in [0.25, 0.3) is 0 Å². The molecule has 3 heteroatoms. The SMILES string of the molecule is CSCC1CCCN(Cc2ccc(I)cc2)C1. The third-order valence-electron chi connectivity index (χ3n) is 3.32. The molecule has 0 saturated carbocycles. The lowest BCUT2D eigenvalue weighted by Crippen LogP contribution is -2.35. The largest absolute Gasteiger partial charge is 0.299 e. The molecule has 1 saturated heterocycles. The van der Waals surface area contributed by atoms with Gasteiger partial charge in [0, 0.05) is 16.7 Å². The summed E-state index contributed by atoms with van der Waals surface area (Å²) in [7, 11) is 0. The average molecular weight is 361 g/mol. The molecule has 0 aromatic heterocycles. The van der Waals surface area contributed by atoms with Gasteiger partial charge in [-0.1, -0.05) is 12.1 Å². The van der Waals surface area contributed by atoms with E-state index in [1.807, 2.05) is 11.8 Å². The van der Waals surface area contributed by atoms with E-state index >= 15 is 0 Å². The Morgan fingerprint density at radius 1 is 1.35 bits per heavy atom. The lowest BCUT2D eigenvalue weighted by atomic mass is 9.99. The average Bonchev–Trinajstić information content (AvgIpc) is 2.33. The Kier molecular flexibility index (Phi) is 5.63. The normalized spacial score (nSPS) is 21.6. The van der Waals surface area contributed by atoms with E-state index in [-0.39, 0.29) is 0 Å². The first kappa shape index (κ1) is 13.7. The fourth-order valence-corrected chi connectivity index (χ4v) is 3.62. The first-order valence-electron chi connectivity index (χ1n) is 6.23. The molecule has 0 aliphatic carbocycles. The van der Waals surface area contributed by atoms with Gasteiger partial charge in [-0.25, -0.2) is 0 Å². The van der Waals surface area contributed by atoms with E-state index in [0.717, 1.165) is 12.5 Å². The number of hydrogen-bond acceptors (Lipinski definition) is 2. The monoisotopic (exact) mass is 361 g/mol. The second kappa shape index (κ2) is 7.00. The molecule has 2 rings (SSSR count). The molecule has 1 atom stereocenters. The summed E-state index contributed by atoms with van der Waals surface area (Å²) >= 11 is 4.36. The molecule has 0 bridgehead atoms. The van der Waals surface area contributed by atoms with Gasteiger partial charge in [0.05, 0.1) is 0 Å². The van der Waals surface area contributed by atoms with Gasteiger partial charge >= 0.3 is 0 Å². The molecule has 0 amide bonds. The molecule has 1 nitrogen and oxygen atoms in total. The van der Waals surface area contributed by atoms with Crippen LogP contribution >= 0.6 is 34.4 Å². The molecule has 0 N–H and O–H groups in total. The van der Waals surface area contributed by atoms with Crippen molar-refractivity contribution in [2.75, 3.05) is 25.1 Å². The third-order valence-corrected chi connectivity index (χ3v) is 4.85. The Bertz CT molecular complexity index is 337. The summed E-state index contributed by atoms with van der Waals surface area (Å²) in [5, 5.41) is 0. The Balaban J connectivity index is 1.87. The molecule has 1 fully saturated rings. The number of nitrogens with zero attached hydrogens (tertiary/aromatic N) is 1. The molecule has 1 aliphatic rings. The highest BCUT2D eigenvalue weighted by Gasteiger charge is 2.19. The van der Waals surface area contributed by atoms with Crippen molar-refractivity contribution in [1.29, 1.82) is 0 Å². The molecule has 1 aromatic rings. The third kappa shape index (κ3) is 4.45. The van der Waals surface area contributed by atoms with Crippen LogP contribution in [0, 0.1) is 9.49 Å². The fraction of sp³-hybridized carbons (Fsp3) is 0.571. The number of thioether (sulfide) groups is 1. The molecule has 1 aliphatic heterocycles. The van der Waals surface area contributed by atoms with E-state index in [1.165, 1.54) is 40.8 Å².